The zero-order valence-corrected chi connectivity index (χ0v) is 10.7. The molecule has 90 valence electrons. The lowest BCUT2D eigenvalue weighted by molar-refractivity contribution is -0.120. The number of carbonyl (C=O) groups is 1. The number of carbonyl (C=O) groups excluding carboxylic acids is 1. The van der Waals surface area contributed by atoms with Crippen molar-refractivity contribution in [3.05, 3.63) is 34.1 Å². The van der Waals surface area contributed by atoms with Gasteiger partial charge in [0.15, 0.2) is 0 Å². The Bertz CT molecular complexity index is 443. The van der Waals surface area contributed by atoms with Gasteiger partial charge in [0, 0.05) is 16.6 Å². The van der Waals surface area contributed by atoms with Gasteiger partial charge >= 0.3 is 0 Å². The molecule has 0 heterocycles. The Labute approximate surface area is 108 Å². The maximum Gasteiger partial charge on any atom is 0.234 e. The van der Waals surface area contributed by atoms with Gasteiger partial charge in [-0.2, -0.15) is 0 Å². The normalized spacial score (nSPS) is 9.71. The molecular formula is C12H12BrFN2O. The van der Waals surface area contributed by atoms with Crippen molar-refractivity contribution in [2.75, 3.05) is 13.1 Å². The Hall–Kier alpha value is -1.38. The van der Waals surface area contributed by atoms with Gasteiger partial charge in [0.2, 0.25) is 5.91 Å². The highest BCUT2D eigenvalue weighted by Crippen LogP contribution is 2.15. The van der Waals surface area contributed by atoms with Gasteiger partial charge in [-0.05, 0) is 18.2 Å². The predicted octanol–water partition coefficient (Wildman–Crippen LogP) is 1.43. The van der Waals surface area contributed by atoms with Gasteiger partial charge in [-0.3, -0.25) is 10.1 Å². The number of halogens is 2. The topological polar surface area (TPSA) is 41.1 Å². The van der Waals surface area contributed by atoms with Gasteiger partial charge in [0.05, 0.1) is 13.1 Å². The van der Waals surface area contributed by atoms with E-state index in [-0.39, 0.29) is 24.8 Å². The maximum absolute atomic E-state index is 13.3. The van der Waals surface area contributed by atoms with Crippen molar-refractivity contribution in [2.45, 2.75) is 6.54 Å². The number of benzene rings is 1. The second-order valence-electron chi connectivity index (χ2n) is 3.32. The number of amides is 1. The largest absolute Gasteiger partial charge is 0.351 e. The third-order valence-electron chi connectivity index (χ3n) is 2.00. The van der Waals surface area contributed by atoms with Gasteiger partial charge in [-0.1, -0.05) is 21.9 Å². The molecule has 1 rings (SSSR count). The molecule has 1 aromatic rings. The first-order chi connectivity index (χ1) is 8.13. The molecule has 0 aliphatic rings. The van der Waals surface area contributed by atoms with E-state index in [4.69, 9.17) is 6.42 Å². The number of nitrogens with one attached hydrogen (secondary N) is 2. The molecule has 0 saturated heterocycles. The first-order valence-electron chi connectivity index (χ1n) is 4.98. The van der Waals surface area contributed by atoms with Crippen molar-refractivity contribution >= 4 is 21.8 Å². The van der Waals surface area contributed by atoms with Gasteiger partial charge in [-0.25, -0.2) is 4.39 Å². The SMILES string of the molecule is C#CCNCC(=O)NCc1cc(Br)ccc1F. The van der Waals surface area contributed by atoms with E-state index in [0.29, 0.717) is 12.1 Å². The average Bonchev–Trinajstić information content (AvgIpc) is 2.31. The summed E-state index contributed by atoms with van der Waals surface area (Å²) in [6.07, 6.45) is 5.02. The fourth-order valence-corrected chi connectivity index (χ4v) is 1.59. The fourth-order valence-electron chi connectivity index (χ4n) is 1.18. The third kappa shape index (κ3) is 4.98. The van der Waals surface area contributed by atoms with Gasteiger partial charge < -0.3 is 5.32 Å². The van der Waals surface area contributed by atoms with Crippen molar-refractivity contribution in [2.24, 2.45) is 0 Å². The molecule has 0 radical (unpaired) electrons. The summed E-state index contributed by atoms with van der Waals surface area (Å²) >= 11 is 3.24. The van der Waals surface area contributed by atoms with E-state index in [1.54, 1.807) is 12.1 Å². The van der Waals surface area contributed by atoms with Crippen molar-refractivity contribution in [1.29, 1.82) is 0 Å². The Morgan fingerprint density at radius 2 is 2.29 bits per heavy atom. The molecule has 0 aliphatic heterocycles. The average molecular weight is 299 g/mol. The number of hydrogen-bond acceptors (Lipinski definition) is 2. The van der Waals surface area contributed by atoms with Crippen molar-refractivity contribution < 1.29 is 9.18 Å². The van der Waals surface area contributed by atoms with E-state index < -0.39 is 0 Å². The summed E-state index contributed by atoms with van der Waals surface area (Å²) in [7, 11) is 0. The van der Waals surface area contributed by atoms with Crippen LogP contribution in [0, 0.1) is 18.2 Å². The summed E-state index contributed by atoms with van der Waals surface area (Å²) in [5.41, 5.74) is 0.435. The van der Waals surface area contributed by atoms with Gasteiger partial charge in [0.25, 0.3) is 0 Å². The fraction of sp³-hybridized carbons (Fsp3) is 0.250. The minimum atomic E-state index is -0.343. The molecule has 0 aromatic heterocycles. The zero-order valence-electron chi connectivity index (χ0n) is 9.09. The highest BCUT2D eigenvalue weighted by atomic mass is 79.9. The summed E-state index contributed by atoms with van der Waals surface area (Å²) < 4.78 is 14.1. The van der Waals surface area contributed by atoms with Crippen LogP contribution < -0.4 is 10.6 Å². The van der Waals surface area contributed by atoms with Gasteiger partial charge in [-0.15, -0.1) is 6.42 Å². The lowest BCUT2D eigenvalue weighted by Gasteiger charge is -2.06. The Morgan fingerprint density at radius 3 is 3.00 bits per heavy atom. The van der Waals surface area contributed by atoms with Crippen LogP contribution >= 0.6 is 15.9 Å². The molecule has 0 spiro atoms. The molecule has 1 amide bonds. The molecule has 3 nitrogen and oxygen atoms in total. The van der Waals surface area contributed by atoms with Crippen LogP contribution in [0.25, 0.3) is 0 Å². The summed E-state index contributed by atoms with van der Waals surface area (Å²) in [5.74, 6) is 1.79. The van der Waals surface area contributed by atoms with Gasteiger partial charge in [0.1, 0.15) is 5.82 Å². The molecule has 5 heteroatoms. The smallest absolute Gasteiger partial charge is 0.234 e. The summed E-state index contributed by atoms with van der Waals surface area (Å²) in [6, 6.07) is 4.59. The lowest BCUT2D eigenvalue weighted by atomic mass is 10.2. The summed E-state index contributed by atoms with van der Waals surface area (Å²) in [5, 5.41) is 5.34. The van der Waals surface area contributed by atoms with Crippen molar-refractivity contribution in [1.82, 2.24) is 10.6 Å². The monoisotopic (exact) mass is 298 g/mol. The van der Waals surface area contributed by atoms with Crippen LogP contribution in [0.1, 0.15) is 5.56 Å². The van der Waals surface area contributed by atoms with E-state index in [1.165, 1.54) is 6.07 Å². The van der Waals surface area contributed by atoms with Crippen LogP contribution in [0.3, 0.4) is 0 Å². The molecular weight excluding hydrogens is 287 g/mol. The van der Waals surface area contributed by atoms with Crippen LogP contribution in [0.15, 0.2) is 22.7 Å². The Balaban J connectivity index is 2.42. The predicted molar refractivity (Wildman–Crippen MR) is 67.6 cm³/mol. The molecule has 0 unspecified atom stereocenters. The van der Waals surface area contributed by atoms with E-state index in [1.807, 2.05) is 0 Å². The minimum absolute atomic E-state index is 0.125. The number of rotatable bonds is 5. The van der Waals surface area contributed by atoms with E-state index in [2.05, 4.69) is 32.5 Å². The number of hydrogen-bond donors (Lipinski definition) is 2. The molecule has 0 fully saturated rings. The minimum Gasteiger partial charge on any atom is -0.351 e. The van der Waals surface area contributed by atoms with Crippen LogP contribution in [-0.2, 0) is 11.3 Å². The van der Waals surface area contributed by atoms with Crippen molar-refractivity contribution in [3.8, 4) is 12.3 Å². The zero-order chi connectivity index (χ0) is 12.7. The summed E-state index contributed by atoms with van der Waals surface area (Å²) in [6.45, 7) is 0.611. The highest BCUT2D eigenvalue weighted by Gasteiger charge is 2.05. The Kier molecular flexibility index (Phi) is 5.67. The molecule has 0 atom stereocenters. The maximum atomic E-state index is 13.3. The second kappa shape index (κ2) is 7.05. The molecule has 0 aliphatic carbocycles. The molecule has 2 N–H and O–H groups in total. The van der Waals surface area contributed by atoms with Crippen LogP contribution in [-0.4, -0.2) is 19.0 Å². The standard InChI is InChI=1S/C12H12BrFN2O/c1-2-5-15-8-12(17)16-7-9-6-10(13)3-4-11(9)14/h1,3-4,6,15H,5,7-8H2,(H,16,17). The van der Waals surface area contributed by atoms with Crippen molar-refractivity contribution in [3.63, 3.8) is 0 Å². The number of terminal acetylenes is 1. The van der Waals surface area contributed by atoms with Crippen LogP contribution in [0.2, 0.25) is 0 Å². The van der Waals surface area contributed by atoms with Crippen LogP contribution in [0.5, 0.6) is 0 Å². The first kappa shape index (κ1) is 13.7. The van der Waals surface area contributed by atoms with Crippen LogP contribution in [0.4, 0.5) is 4.39 Å². The molecule has 1 aromatic carbocycles. The lowest BCUT2D eigenvalue weighted by Crippen LogP contribution is -2.33. The quantitative estimate of drug-likeness (QED) is 0.638. The Morgan fingerprint density at radius 1 is 1.53 bits per heavy atom. The van der Waals surface area contributed by atoms with E-state index in [9.17, 15) is 9.18 Å². The second-order valence-corrected chi connectivity index (χ2v) is 4.24. The van der Waals surface area contributed by atoms with E-state index >= 15 is 0 Å². The molecule has 0 bridgehead atoms. The first-order valence-corrected chi connectivity index (χ1v) is 5.77. The molecule has 17 heavy (non-hydrogen) atoms. The third-order valence-corrected chi connectivity index (χ3v) is 2.49. The highest BCUT2D eigenvalue weighted by molar-refractivity contribution is 9.10. The summed E-state index contributed by atoms with van der Waals surface area (Å²) in [4.78, 5) is 11.3. The molecule has 0 saturated carbocycles. The van der Waals surface area contributed by atoms with E-state index in [0.717, 1.165) is 4.47 Å².